The first-order chi connectivity index (χ1) is 9.61. The van der Waals surface area contributed by atoms with Crippen molar-refractivity contribution in [1.29, 1.82) is 0 Å². The highest BCUT2D eigenvalue weighted by Gasteiger charge is 2.41. The Morgan fingerprint density at radius 3 is 2.60 bits per heavy atom. The van der Waals surface area contributed by atoms with Gasteiger partial charge in [0, 0.05) is 13.0 Å². The minimum Gasteiger partial charge on any atom is -0.494 e. The monoisotopic (exact) mass is 282 g/mol. The molecule has 0 aromatic heterocycles. The standard InChI is InChI=1S/C16H23FO3/c1-3-20-16(8-4-5-9-16)15(18)11-12-6-7-14(19-2)13(17)10-12/h6-7,10,15,18H,3-5,8-9,11H2,1-2H3. The summed E-state index contributed by atoms with van der Waals surface area (Å²) in [5.74, 6) is -0.169. The molecule has 1 atom stereocenters. The molecule has 2 rings (SSSR count). The lowest BCUT2D eigenvalue weighted by Crippen LogP contribution is -2.43. The molecule has 0 aliphatic heterocycles. The maximum Gasteiger partial charge on any atom is 0.165 e. The highest BCUT2D eigenvalue weighted by molar-refractivity contribution is 5.30. The molecule has 1 N–H and O–H groups in total. The molecule has 1 aliphatic carbocycles. The molecule has 112 valence electrons. The number of aliphatic hydroxyl groups excluding tert-OH is 1. The van der Waals surface area contributed by atoms with Crippen LogP contribution in [0.15, 0.2) is 18.2 Å². The molecule has 1 unspecified atom stereocenters. The fourth-order valence-corrected chi connectivity index (χ4v) is 3.08. The zero-order valence-electron chi connectivity index (χ0n) is 12.2. The zero-order valence-corrected chi connectivity index (χ0v) is 12.2. The average Bonchev–Trinajstić information content (AvgIpc) is 2.89. The summed E-state index contributed by atoms with van der Waals surface area (Å²) in [6.07, 6.45) is 3.71. The fraction of sp³-hybridized carbons (Fsp3) is 0.625. The van der Waals surface area contributed by atoms with E-state index in [-0.39, 0.29) is 5.75 Å². The van der Waals surface area contributed by atoms with Gasteiger partial charge in [0.25, 0.3) is 0 Å². The van der Waals surface area contributed by atoms with Crippen LogP contribution in [0.5, 0.6) is 5.75 Å². The van der Waals surface area contributed by atoms with Crippen molar-refractivity contribution in [1.82, 2.24) is 0 Å². The molecular weight excluding hydrogens is 259 g/mol. The number of hydrogen-bond acceptors (Lipinski definition) is 3. The third-order valence-corrected chi connectivity index (χ3v) is 4.13. The van der Waals surface area contributed by atoms with Crippen molar-refractivity contribution >= 4 is 0 Å². The van der Waals surface area contributed by atoms with Crippen molar-refractivity contribution in [3.05, 3.63) is 29.6 Å². The number of hydrogen-bond donors (Lipinski definition) is 1. The van der Waals surface area contributed by atoms with E-state index >= 15 is 0 Å². The van der Waals surface area contributed by atoms with E-state index in [1.165, 1.54) is 13.2 Å². The van der Waals surface area contributed by atoms with E-state index in [4.69, 9.17) is 9.47 Å². The molecule has 1 fully saturated rings. The second-order valence-electron chi connectivity index (χ2n) is 5.39. The highest BCUT2D eigenvalue weighted by Crippen LogP contribution is 2.37. The largest absolute Gasteiger partial charge is 0.494 e. The lowest BCUT2D eigenvalue weighted by molar-refractivity contribution is -0.115. The van der Waals surface area contributed by atoms with Gasteiger partial charge in [-0.3, -0.25) is 0 Å². The summed E-state index contributed by atoms with van der Waals surface area (Å²) >= 11 is 0. The minimum atomic E-state index is -0.599. The molecule has 0 radical (unpaired) electrons. The van der Waals surface area contributed by atoms with Gasteiger partial charge in [-0.1, -0.05) is 18.9 Å². The molecule has 0 spiro atoms. The second kappa shape index (κ2) is 6.55. The second-order valence-corrected chi connectivity index (χ2v) is 5.39. The Labute approximate surface area is 119 Å². The van der Waals surface area contributed by atoms with Gasteiger partial charge in [-0.2, -0.15) is 0 Å². The molecule has 1 aromatic rings. The highest BCUT2D eigenvalue weighted by atomic mass is 19.1. The maximum atomic E-state index is 13.7. The van der Waals surface area contributed by atoms with Crippen molar-refractivity contribution in [2.24, 2.45) is 0 Å². The van der Waals surface area contributed by atoms with Gasteiger partial charge in [0.15, 0.2) is 11.6 Å². The maximum absolute atomic E-state index is 13.7. The van der Waals surface area contributed by atoms with Crippen molar-refractivity contribution in [3.63, 3.8) is 0 Å². The van der Waals surface area contributed by atoms with Crippen LogP contribution < -0.4 is 4.74 Å². The van der Waals surface area contributed by atoms with E-state index in [1.807, 2.05) is 6.92 Å². The number of halogens is 1. The van der Waals surface area contributed by atoms with Crippen molar-refractivity contribution in [2.45, 2.75) is 50.7 Å². The van der Waals surface area contributed by atoms with Gasteiger partial charge >= 0.3 is 0 Å². The first kappa shape index (κ1) is 15.3. The van der Waals surface area contributed by atoms with Crippen LogP contribution in [0, 0.1) is 5.82 Å². The van der Waals surface area contributed by atoms with Gasteiger partial charge in [0.2, 0.25) is 0 Å². The predicted octanol–water partition coefficient (Wildman–Crippen LogP) is 3.09. The lowest BCUT2D eigenvalue weighted by Gasteiger charge is -2.34. The summed E-state index contributed by atoms with van der Waals surface area (Å²) in [6.45, 7) is 2.54. The predicted molar refractivity (Wildman–Crippen MR) is 75.5 cm³/mol. The molecule has 1 aromatic carbocycles. The topological polar surface area (TPSA) is 38.7 Å². The summed E-state index contributed by atoms with van der Waals surface area (Å²) in [4.78, 5) is 0. The Morgan fingerprint density at radius 2 is 2.05 bits per heavy atom. The first-order valence-corrected chi connectivity index (χ1v) is 7.26. The average molecular weight is 282 g/mol. The molecule has 0 saturated heterocycles. The molecule has 0 heterocycles. The molecule has 0 amide bonds. The van der Waals surface area contributed by atoms with Gasteiger partial charge in [-0.25, -0.2) is 4.39 Å². The summed E-state index contributed by atoms with van der Waals surface area (Å²) < 4.78 is 24.4. The fourth-order valence-electron chi connectivity index (χ4n) is 3.08. The van der Waals surface area contributed by atoms with Gasteiger partial charge in [0.1, 0.15) is 0 Å². The van der Waals surface area contributed by atoms with Crippen molar-refractivity contribution < 1.29 is 19.0 Å². The minimum absolute atomic E-state index is 0.226. The Bertz CT molecular complexity index is 441. The van der Waals surface area contributed by atoms with Crippen LogP contribution in [0.4, 0.5) is 4.39 Å². The van der Waals surface area contributed by atoms with E-state index in [9.17, 15) is 9.50 Å². The van der Waals surface area contributed by atoms with Gasteiger partial charge < -0.3 is 14.6 Å². The smallest absolute Gasteiger partial charge is 0.165 e. The quantitative estimate of drug-likeness (QED) is 0.871. The van der Waals surface area contributed by atoms with Crippen LogP contribution in [0.3, 0.4) is 0 Å². The Morgan fingerprint density at radius 1 is 1.35 bits per heavy atom. The first-order valence-electron chi connectivity index (χ1n) is 7.26. The molecule has 20 heavy (non-hydrogen) atoms. The van der Waals surface area contributed by atoms with E-state index in [0.29, 0.717) is 13.0 Å². The summed E-state index contributed by atoms with van der Waals surface area (Å²) in [6, 6.07) is 4.82. The lowest BCUT2D eigenvalue weighted by atomic mass is 9.89. The molecule has 4 heteroatoms. The number of benzene rings is 1. The summed E-state index contributed by atoms with van der Waals surface area (Å²) in [5, 5.41) is 10.5. The summed E-state index contributed by atoms with van der Waals surface area (Å²) in [7, 11) is 1.44. The van der Waals surface area contributed by atoms with E-state index < -0.39 is 17.5 Å². The SMILES string of the molecule is CCOC1(C(O)Cc2ccc(OC)c(F)c2)CCCC1. The Hall–Kier alpha value is -1.13. The van der Waals surface area contributed by atoms with Crippen LogP contribution in [0.2, 0.25) is 0 Å². The van der Waals surface area contributed by atoms with Crippen LogP contribution >= 0.6 is 0 Å². The van der Waals surface area contributed by atoms with E-state index in [1.54, 1.807) is 12.1 Å². The van der Waals surface area contributed by atoms with Crippen LogP contribution in [0.1, 0.15) is 38.2 Å². The summed E-state index contributed by atoms with van der Waals surface area (Å²) in [5.41, 5.74) is 0.312. The van der Waals surface area contributed by atoms with E-state index in [2.05, 4.69) is 0 Å². The Balaban J connectivity index is 2.10. The third-order valence-electron chi connectivity index (χ3n) is 4.13. The van der Waals surface area contributed by atoms with Gasteiger partial charge in [-0.05, 0) is 37.5 Å². The van der Waals surface area contributed by atoms with Gasteiger partial charge in [-0.15, -0.1) is 0 Å². The normalized spacial score (nSPS) is 19.0. The third kappa shape index (κ3) is 3.13. The van der Waals surface area contributed by atoms with Crippen molar-refractivity contribution in [2.75, 3.05) is 13.7 Å². The molecule has 1 aliphatic rings. The van der Waals surface area contributed by atoms with Gasteiger partial charge in [0.05, 0.1) is 18.8 Å². The number of methoxy groups -OCH3 is 1. The van der Waals surface area contributed by atoms with Crippen LogP contribution in [-0.4, -0.2) is 30.5 Å². The number of aliphatic hydroxyl groups is 1. The molecular formula is C16H23FO3. The zero-order chi connectivity index (χ0) is 14.6. The molecule has 3 nitrogen and oxygen atoms in total. The van der Waals surface area contributed by atoms with E-state index in [0.717, 1.165) is 31.2 Å². The number of rotatable bonds is 6. The molecule has 1 saturated carbocycles. The van der Waals surface area contributed by atoms with Crippen LogP contribution in [-0.2, 0) is 11.2 Å². The number of ether oxygens (including phenoxy) is 2. The van der Waals surface area contributed by atoms with Crippen molar-refractivity contribution in [3.8, 4) is 5.75 Å². The van der Waals surface area contributed by atoms with Crippen LogP contribution in [0.25, 0.3) is 0 Å². The molecule has 0 bridgehead atoms. The Kier molecular flexibility index (Phi) is 5.00.